The third kappa shape index (κ3) is 3.00. The van der Waals surface area contributed by atoms with Gasteiger partial charge < -0.3 is 10.1 Å². The Balaban J connectivity index is 2.26. The fraction of sp³-hybridized carbons (Fsp3) is 0.571. The molecule has 0 spiro atoms. The summed E-state index contributed by atoms with van der Waals surface area (Å²) in [6.07, 6.45) is 1.06. The Morgan fingerprint density at radius 2 is 2.17 bits per heavy atom. The molecule has 3 unspecified atom stereocenters. The van der Waals surface area contributed by atoms with Crippen LogP contribution in [0, 0.1) is 11.8 Å². The molecular formula is C14H19Cl2NO. The zero-order valence-electron chi connectivity index (χ0n) is 10.7. The van der Waals surface area contributed by atoms with E-state index in [4.69, 9.17) is 27.9 Å². The lowest BCUT2D eigenvalue weighted by Crippen LogP contribution is -2.35. The molecule has 0 aliphatic carbocycles. The van der Waals surface area contributed by atoms with Crippen molar-refractivity contribution in [2.45, 2.75) is 19.4 Å². The van der Waals surface area contributed by atoms with Crippen molar-refractivity contribution >= 4 is 23.2 Å². The number of nitrogens with one attached hydrogen (secondary N) is 1. The molecule has 1 saturated heterocycles. The zero-order valence-corrected chi connectivity index (χ0v) is 12.3. The topological polar surface area (TPSA) is 21.3 Å². The number of hydrogen-bond acceptors (Lipinski definition) is 2. The van der Waals surface area contributed by atoms with Crippen LogP contribution in [-0.4, -0.2) is 20.3 Å². The first kappa shape index (κ1) is 14.1. The first-order valence-electron chi connectivity index (χ1n) is 6.33. The normalized spacial score (nSPS) is 26.0. The molecule has 1 aromatic carbocycles. The zero-order chi connectivity index (χ0) is 13.1. The Morgan fingerprint density at radius 3 is 2.78 bits per heavy atom. The first-order valence-corrected chi connectivity index (χ1v) is 7.09. The highest BCUT2D eigenvalue weighted by molar-refractivity contribution is 6.35. The van der Waals surface area contributed by atoms with Crippen LogP contribution >= 0.6 is 23.2 Å². The van der Waals surface area contributed by atoms with Gasteiger partial charge in [-0.15, -0.1) is 0 Å². The summed E-state index contributed by atoms with van der Waals surface area (Å²) in [7, 11) is 1.98. The lowest BCUT2D eigenvalue weighted by Gasteiger charge is -2.35. The molecule has 0 bridgehead atoms. The largest absolute Gasteiger partial charge is 0.381 e. The molecule has 1 aliphatic heterocycles. The summed E-state index contributed by atoms with van der Waals surface area (Å²) < 4.78 is 5.51. The summed E-state index contributed by atoms with van der Waals surface area (Å²) in [5.74, 6) is 1.07. The van der Waals surface area contributed by atoms with Gasteiger partial charge in [0.15, 0.2) is 0 Å². The van der Waals surface area contributed by atoms with Gasteiger partial charge >= 0.3 is 0 Å². The second kappa shape index (κ2) is 6.25. The monoisotopic (exact) mass is 287 g/mol. The summed E-state index contributed by atoms with van der Waals surface area (Å²) in [5, 5.41) is 4.81. The molecule has 1 aliphatic rings. The number of rotatable bonds is 3. The third-order valence-electron chi connectivity index (χ3n) is 3.74. The standard InChI is InChI=1S/C14H19Cl2NO/c1-9-8-18-6-5-11(9)14(17-2)12-4-3-10(15)7-13(12)16/h3-4,7,9,11,14,17H,5-6,8H2,1-2H3. The Kier molecular flexibility index (Phi) is 4.91. The van der Waals surface area contributed by atoms with Crippen molar-refractivity contribution in [1.82, 2.24) is 5.32 Å². The maximum atomic E-state index is 6.31. The highest BCUT2D eigenvalue weighted by Gasteiger charge is 2.30. The predicted octanol–water partition coefficient (Wildman–Crippen LogP) is 3.93. The van der Waals surface area contributed by atoms with Crippen LogP contribution in [0.4, 0.5) is 0 Å². The summed E-state index contributed by atoms with van der Waals surface area (Å²) in [4.78, 5) is 0. The van der Waals surface area contributed by atoms with E-state index in [0.717, 1.165) is 30.2 Å². The molecule has 1 N–H and O–H groups in total. The summed E-state index contributed by atoms with van der Waals surface area (Å²) >= 11 is 12.3. The van der Waals surface area contributed by atoms with Gasteiger partial charge in [0, 0.05) is 29.3 Å². The number of ether oxygens (including phenoxy) is 1. The summed E-state index contributed by atoms with van der Waals surface area (Å²) in [6.45, 7) is 3.89. The molecule has 1 fully saturated rings. The van der Waals surface area contributed by atoms with Gasteiger partial charge in [0.25, 0.3) is 0 Å². The fourth-order valence-corrected chi connectivity index (χ4v) is 3.27. The molecule has 100 valence electrons. The van der Waals surface area contributed by atoms with Gasteiger partial charge in [0.1, 0.15) is 0 Å². The van der Waals surface area contributed by atoms with E-state index in [1.54, 1.807) is 0 Å². The van der Waals surface area contributed by atoms with E-state index in [2.05, 4.69) is 12.2 Å². The minimum absolute atomic E-state index is 0.258. The van der Waals surface area contributed by atoms with Gasteiger partial charge in [0.2, 0.25) is 0 Å². The van der Waals surface area contributed by atoms with E-state index in [0.29, 0.717) is 16.9 Å². The van der Waals surface area contributed by atoms with Crippen molar-refractivity contribution in [3.8, 4) is 0 Å². The number of hydrogen-bond donors (Lipinski definition) is 1. The molecule has 4 heteroatoms. The molecule has 0 amide bonds. The molecule has 2 nitrogen and oxygen atoms in total. The predicted molar refractivity (Wildman–Crippen MR) is 76.4 cm³/mol. The van der Waals surface area contributed by atoms with Crippen LogP contribution in [0.5, 0.6) is 0 Å². The van der Waals surface area contributed by atoms with Crippen molar-refractivity contribution in [2.75, 3.05) is 20.3 Å². The first-order chi connectivity index (χ1) is 8.63. The van der Waals surface area contributed by atoms with Crippen LogP contribution in [0.2, 0.25) is 10.0 Å². The lowest BCUT2D eigenvalue weighted by atomic mass is 9.80. The maximum Gasteiger partial charge on any atom is 0.0494 e. The second-order valence-corrected chi connectivity index (χ2v) is 5.78. The van der Waals surface area contributed by atoms with Gasteiger partial charge in [-0.1, -0.05) is 36.2 Å². The van der Waals surface area contributed by atoms with Gasteiger partial charge in [-0.3, -0.25) is 0 Å². The summed E-state index contributed by atoms with van der Waals surface area (Å²) in [5.41, 5.74) is 1.13. The van der Waals surface area contributed by atoms with Gasteiger partial charge in [-0.25, -0.2) is 0 Å². The molecule has 1 heterocycles. The van der Waals surface area contributed by atoms with Gasteiger partial charge in [0.05, 0.1) is 0 Å². The van der Waals surface area contributed by atoms with Crippen molar-refractivity contribution in [3.05, 3.63) is 33.8 Å². The highest BCUT2D eigenvalue weighted by Crippen LogP contribution is 2.37. The van der Waals surface area contributed by atoms with E-state index < -0.39 is 0 Å². The Bertz CT molecular complexity index is 411. The Hall–Kier alpha value is -0.280. The molecule has 3 atom stereocenters. The van der Waals surface area contributed by atoms with E-state index in [-0.39, 0.29) is 6.04 Å². The molecule has 0 saturated carbocycles. The Morgan fingerprint density at radius 1 is 1.39 bits per heavy atom. The van der Waals surface area contributed by atoms with Gasteiger partial charge in [-0.2, -0.15) is 0 Å². The SMILES string of the molecule is CNC(c1ccc(Cl)cc1Cl)C1CCOCC1C. The second-order valence-electron chi connectivity index (χ2n) is 4.94. The van der Waals surface area contributed by atoms with E-state index in [1.807, 2.05) is 25.2 Å². The third-order valence-corrected chi connectivity index (χ3v) is 4.31. The molecule has 0 radical (unpaired) electrons. The van der Waals surface area contributed by atoms with Crippen molar-refractivity contribution in [2.24, 2.45) is 11.8 Å². The molecule has 1 aromatic rings. The smallest absolute Gasteiger partial charge is 0.0494 e. The van der Waals surface area contributed by atoms with Crippen LogP contribution < -0.4 is 5.32 Å². The van der Waals surface area contributed by atoms with Gasteiger partial charge in [-0.05, 0) is 43.0 Å². The minimum atomic E-state index is 0.258. The van der Waals surface area contributed by atoms with Crippen LogP contribution in [0.25, 0.3) is 0 Å². The van der Waals surface area contributed by atoms with E-state index >= 15 is 0 Å². The van der Waals surface area contributed by atoms with Crippen LogP contribution in [-0.2, 0) is 4.74 Å². The average Bonchev–Trinajstić information content (AvgIpc) is 2.34. The fourth-order valence-electron chi connectivity index (χ4n) is 2.75. The van der Waals surface area contributed by atoms with E-state index in [1.165, 1.54) is 0 Å². The minimum Gasteiger partial charge on any atom is -0.381 e. The van der Waals surface area contributed by atoms with Crippen LogP contribution in [0.15, 0.2) is 18.2 Å². The quantitative estimate of drug-likeness (QED) is 0.910. The average molecular weight is 288 g/mol. The maximum absolute atomic E-state index is 6.31. The van der Waals surface area contributed by atoms with Crippen LogP contribution in [0.1, 0.15) is 24.9 Å². The van der Waals surface area contributed by atoms with Crippen molar-refractivity contribution in [1.29, 1.82) is 0 Å². The van der Waals surface area contributed by atoms with Crippen LogP contribution in [0.3, 0.4) is 0 Å². The molecule has 2 rings (SSSR count). The highest BCUT2D eigenvalue weighted by atomic mass is 35.5. The molecule has 0 aromatic heterocycles. The van der Waals surface area contributed by atoms with Crippen molar-refractivity contribution < 1.29 is 4.74 Å². The van der Waals surface area contributed by atoms with Crippen molar-refractivity contribution in [3.63, 3.8) is 0 Å². The number of halogens is 2. The number of benzene rings is 1. The summed E-state index contributed by atoms with van der Waals surface area (Å²) in [6, 6.07) is 5.99. The molecule has 18 heavy (non-hydrogen) atoms. The lowest BCUT2D eigenvalue weighted by molar-refractivity contribution is 0.0115. The molecular weight excluding hydrogens is 269 g/mol. The van der Waals surface area contributed by atoms with E-state index in [9.17, 15) is 0 Å². The Labute approximate surface area is 119 Å².